The normalized spacial score (nSPS) is 25.1. The molecule has 18 heavy (non-hydrogen) atoms. The molecule has 0 aromatic carbocycles. The van der Waals surface area contributed by atoms with E-state index in [0.717, 1.165) is 0 Å². The van der Waals surface area contributed by atoms with Crippen molar-refractivity contribution >= 4 is 6.09 Å². The first-order chi connectivity index (χ1) is 8.02. The van der Waals surface area contributed by atoms with Crippen LogP contribution in [0, 0.1) is 0 Å². The number of carbonyl (C=O) groups is 1. The zero-order chi connectivity index (χ0) is 14.1. The van der Waals surface area contributed by atoms with Gasteiger partial charge >= 0.3 is 6.09 Å². The van der Waals surface area contributed by atoms with Crippen LogP contribution >= 0.6 is 0 Å². The van der Waals surface area contributed by atoms with Gasteiger partial charge in [0.1, 0.15) is 11.7 Å². The molecule has 1 aliphatic heterocycles. The lowest BCUT2D eigenvalue weighted by molar-refractivity contribution is -0.0232. The Kier molecular flexibility index (Phi) is 4.28. The molecule has 0 spiro atoms. The third kappa shape index (κ3) is 3.85. The summed E-state index contributed by atoms with van der Waals surface area (Å²) in [6.45, 7) is 11.8. The smallest absolute Gasteiger partial charge is 0.411 e. The van der Waals surface area contributed by atoms with Crippen molar-refractivity contribution < 1.29 is 19.4 Å². The Labute approximate surface area is 109 Å². The van der Waals surface area contributed by atoms with Crippen LogP contribution in [0.15, 0.2) is 0 Å². The molecule has 1 fully saturated rings. The first-order valence-corrected chi connectivity index (χ1v) is 6.30. The highest BCUT2D eigenvalue weighted by Gasteiger charge is 2.42. The van der Waals surface area contributed by atoms with Gasteiger partial charge in [-0.3, -0.25) is 4.90 Å². The van der Waals surface area contributed by atoms with Crippen LogP contribution in [0.4, 0.5) is 4.79 Å². The molecule has 1 aliphatic rings. The lowest BCUT2D eigenvalue weighted by atomic mass is 10.0. The van der Waals surface area contributed by atoms with Gasteiger partial charge in [-0.25, -0.2) is 4.79 Å². The minimum absolute atomic E-state index is 0.264. The second-order valence-corrected chi connectivity index (χ2v) is 6.69. The monoisotopic (exact) mass is 259 g/mol. The van der Waals surface area contributed by atoms with Gasteiger partial charge in [-0.1, -0.05) is 0 Å². The lowest BCUT2D eigenvalue weighted by Gasteiger charge is -2.41. The molecule has 106 valence electrons. The van der Waals surface area contributed by atoms with Crippen LogP contribution < -0.4 is 0 Å². The number of hydrogen-bond acceptors (Lipinski definition) is 4. The van der Waals surface area contributed by atoms with Crippen LogP contribution in [0.3, 0.4) is 0 Å². The summed E-state index contributed by atoms with van der Waals surface area (Å²) in [6.07, 6.45) is -1.07. The van der Waals surface area contributed by atoms with Crippen molar-refractivity contribution in [3.05, 3.63) is 0 Å². The van der Waals surface area contributed by atoms with E-state index < -0.39 is 23.3 Å². The number of hydrogen-bond donors (Lipinski definition) is 1. The summed E-state index contributed by atoms with van der Waals surface area (Å²) in [7, 11) is 0. The first-order valence-electron chi connectivity index (χ1n) is 6.30. The van der Waals surface area contributed by atoms with Crippen molar-refractivity contribution in [1.82, 2.24) is 4.90 Å². The lowest BCUT2D eigenvalue weighted by Crippen LogP contribution is -2.56. The molecule has 0 bridgehead atoms. The fraction of sp³-hybridized carbons (Fsp3) is 0.923. The second-order valence-electron chi connectivity index (χ2n) is 6.69. The summed E-state index contributed by atoms with van der Waals surface area (Å²) < 4.78 is 10.6. The molecule has 1 N–H and O–H groups in total. The molecule has 0 aliphatic carbocycles. The number of aliphatic hydroxyl groups is 1. The number of rotatable bonds is 1. The van der Waals surface area contributed by atoms with Gasteiger partial charge in [-0.2, -0.15) is 0 Å². The molecule has 5 heteroatoms. The van der Waals surface area contributed by atoms with Crippen molar-refractivity contribution in [1.29, 1.82) is 0 Å². The van der Waals surface area contributed by atoms with Crippen LogP contribution in [0.2, 0.25) is 0 Å². The Morgan fingerprint density at radius 2 is 1.78 bits per heavy atom. The standard InChI is InChI=1S/C13H25NO4/c1-12(2,3)14(9-7-17-8-10(9)15)11(16)18-13(4,5)6/h9-10,15H,7-8H2,1-6H3/t9-,10-/m1/s1. The van der Waals surface area contributed by atoms with Gasteiger partial charge in [0.25, 0.3) is 0 Å². The summed E-state index contributed by atoms with van der Waals surface area (Å²) in [6, 6.07) is -0.347. The van der Waals surface area contributed by atoms with Gasteiger partial charge in [0.15, 0.2) is 0 Å². The number of ether oxygens (including phenoxy) is 2. The van der Waals surface area contributed by atoms with Crippen molar-refractivity contribution in [3.63, 3.8) is 0 Å². The van der Waals surface area contributed by atoms with Crippen LogP contribution in [0.25, 0.3) is 0 Å². The van der Waals surface area contributed by atoms with Gasteiger partial charge < -0.3 is 14.6 Å². The minimum atomic E-state index is -0.656. The van der Waals surface area contributed by atoms with Crippen molar-refractivity contribution in [2.45, 2.75) is 64.8 Å². The molecule has 0 aromatic rings. The fourth-order valence-corrected chi connectivity index (χ4v) is 2.00. The predicted molar refractivity (Wildman–Crippen MR) is 68.4 cm³/mol. The fourth-order valence-electron chi connectivity index (χ4n) is 2.00. The first kappa shape index (κ1) is 15.2. The van der Waals surface area contributed by atoms with Gasteiger partial charge in [0.05, 0.1) is 19.3 Å². The molecule has 1 rings (SSSR count). The van der Waals surface area contributed by atoms with Gasteiger partial charge in [0, 0.05) is 5.54 Å². The van der Waals surface area contributed by atoms with Crippen LogP contribution in [-0.4, -0.2) is 52.6 Å². The summed E-state index contributed by atoms with van der Waals surface area (Å²) in [5.74, 6) is 0. The molecule has 2 atom stereocenters. The van der Waals surface area contributed by atoms with E-state index in [9.17, 15) is 9.90 Å². The summed E-state index contributed by atoms with van der Waals surface area (Å²) in [5.41, 5.74) is -0.979. The topological polar surface area (TPSA) is 59.0 Å². The van der Waals surface area contributed by atoms with Gasteiger partial charge in [-0.05, 0) is 41.5 Å². The zero-order valence-electron chi connectivity index (χ0n) is 12.2. The highest BCUT2D eigenvalue weighted by molar-refractivity contribution is 5.69. The van der Waals surface area contributed by atoms with E-state index in [1.165, 1.54) is 0 Å². The Morgan fingerprint density at radius 1 is 1.22 bits per heavy atom. The van der Waals surface area contributed by atoms with E-state index >= 15 is 0 Å². The molecular weight excluding hydrogens is 234 g/mol. The SMILES string of the molecule is CC(C)(C)OC(=O)N([C@@H]1COC[C@H]1O)C(C)(C)C. The molecule has 1 heterocycles. The zero-order valence-corrected chi connectivity index (χ0v) is 12.2. The predicted octanol–water partition coefficient (Wildman–Crippen LogP) is 1.78. The average Bonchev–Trinajstić information content (AvgIpc) is 2.46. The van der Waals surface area contributed by atoms with E-state index in [1.807, 2.05) is 41.5 Å². The Bertz CT molecular complexity index is 303. The Hall–Kier alpha value is -0.810. The maximum Gasteiger partial charge on any atom is 0.411 e. The van der Waals surface area contributed by atoms with E-state index in [2.05, 4.69) is 0 Å². The third-order valence-corrected chi connectivity index (χ3v) is 2.67. The molecule has 5 nitrogen and oxygen atoms in total. The highest BCUT2D eigenvalue weighted by Crippen LogP contribution is 2.25. The molecule has 1 saturated heterocycles. The van der Waals surface area contributed by atoms with E-state index in [-0.39, 0.29) is 12.6 Å². The highest BCUT2D eigenvalue weighted by atomic mass is 16.6. The van der Waals surface area contributed by atoms with Crippen LogP contribution in [-0.2, 0) is 9.47 Å². The number of aliphatic hydroxyl groups excluding tert-OH is 1. The Morgan fingerprint density at radius 3 is 2.11 bits per heavy atom. The van der Waals surface area contributed by atoms with E-state index in [4.69, 9.17) is 9.47 Å². The minimum Gasteiger partial charge on any atom is -0.444 e. The molecule has 0 aromatic heterocycles. The van der Waals surface area contributed by atoms with Crippen molar-refractivity contribution in [2.75, 3.05) is 13.2 Å². The van der Waals surface area contributed by atoms with Crippen molar-refractivity contribution in [3.8, 4) is 0 Å². The average molecular weight is 259 g/mol. The van der Waals surface area contributed by atoms with Gasteiger partial charge in [0.2, 0.25) is 0 Å². The molecule has 1 amide bonds. The Balaban J connectivity index is 2.89. The maximum atomic E-state index is 12.3. The summed E-state index contributed by atoms with van der Waals surface area (Å²) in [4.78, 5) is 13.9. The number of nitrogens with zero attached hydrogens (tertiary/aromatic N) is 1. The van der Waals surface area contributed by atoms with Crippen molar-refractivity contribution in [2.24, 2.45) is 0 Å². The van der Waals surface area contributed by atoms with Gasteiger partial charge in [-0.15, -0.1) is 0 Å². The summed E-state index contributed by atoms with van der Waals surface area (Å²) in [5, 5.41) is 9.90. The third-order valence-electron chi connectivity index (χ3n) is 2.67. The second kappa shape index (κ2) is 5.05. The van der Waals surface area contributed by atoms with Crippen LogP contribution in [0.5, 0.6) is 0 Å². The molecule has 0 saturated carbocycles. The van der Waals surface area contributed by atoms with E-state index in [1.54, 1.807) is 4.90 Å². The largest absolute Gasteiger partial charge is 0.444 e. The number of amides is 1. The quantitative estimate of drug-likeness (QED) is 0.780. The molecular formula is C13H25NO4. The molecule has 0 unspecified atom stereocenters. The van der Waals surface area contributed by atoms with E-state index in [0.29, 0.717) is 6.61 Å². The summed E-state index contributed by atoms with van der Waals surface area (Å²) >= 11 is 0. The number of carbonyl (C=O) groups excluding carboxylic acids is 1. The maximum absolute atomic E-state index is 12.3. The van der Waals surface area contributed by atoms with Crippen LogP contribution in [0.1, 0.15) is 41.5 Å². The molecule has 0 radical (unpaired) electrons.